The van der Waals surface area contributed by atoms with Crippen LogP contribution in [-0.2, 0) is 11.2 Å². The molecule has 2 aromatic rings. The summed E-state index contributed by atoms with van der Waals surface area (Å²) in [6, 6.07) is 10.8. The van der Waals surface area contributed by atoms with Crippen LogP contribution in [0.1, 0.15) is 5.56 Å². The van der Waals surface area contributed by atoms with Crippen LogP contribution >= 0.6 is 11.6 Å². The van der Waals surface area contributed by atoms with Crippen LogP contribution < -0.4 is 10.1 Å². The maximum Gasteiger partial charge on any atom is 0.228 e. The van der Waals surface area contributed by atoms with Gasteiger partial charge in [0.2, 0.25) is 5.91 Å². The normalized spacial score (nSPS) is 10.0. The van der Waals surface area contributed by atoms with E-state index in [0.717, 1.165) is 11.3 Å². The topological polar surface area (TPSA) is 51.2 Å². The highest BCUT2D eigenvalue weighted by atomic mass is 35.5. The summed E-state index contributed by atoms with van der Waals surface area (Å²) in [5, 5.41) is 3.01. The lowest BCUT2D eigenvalue weighted by atomic mass is 10.1. The molecule has 98 valence electrons. The van der Waals surface area contributed by atoms with Crippen molar-refractivity contribution in [3.63, 3.8) is 0 Å². The van der Waals surface area contributed by atoms with E-state index >= 15 is 0 Å². The van der Waals surface area contributed by atoms with Gasteiger partial charge >= 0.3 is 0 Å². The molecule has 0 aliphatic heterocycles. The van der Waals surface area contributed by atoms with E-state index in [9.17, 15) is 4.79 Å². The van der Waals surface area contributed by atoms with Crippen LogP contribution in [0, 0.1) is 0 Å². The van der Waals surface area contributed by atoms with Crippen molar-refractivity contribution in [3.8, 4) is 5.75 Å². The summed E-state index contributed by atoms with van der Waals surface area (Å²) in [6.45, 7) is 0. The van der Waals surface area contributed by atoms with Gasteiger partial charge in [0.15, 0.2) is 5.15 Å². The molecule has 1 aromatic carbocycles. The van der Waals surface area contributed by atoms with Crippen LogP contribution in [0.2, 0.25) is 5.15 Å². The molecule has 1 N–H and O–H groups in total. The Labute approximate surface area is 116 Å². The second-order valence-corrected chi connectivity index (χ2v) is 4.27. The van der Waals surface area contributed by atoms with Gasteiger partial charge in [-0.25, -0.2) is 4.98 Å². The van der Waals surface area contributed by atoms with Gasteiger partial charge in [-0.3, -0.25) is 4.79 Å². The number of hydrogen-bond donors (Lipinski definition) is 1. The van der Waals surface area contributed by atoms with Crippen LogP contribution in [0.25, 0.3) is 0 Å². The van der Waals surface area contributed by atoms with Gasteiger partial charge in [-0.05, 0) is 29.8 Å². The number of halogens is 1. The molecule has 0 saturated heterocycles. The average molecular weight is 277 g/mol. The van der Waals surface area contributed by atoms with Crippen molar-refractivity contribution in [1.29, 1.82) is 0 Å². The molecule has 0 aliphatic carbocycles. The number of pyridine rings is 1. The summed E-state index contributed by atoms with van der Waals surface area (Å²) in [6.07, 6.45) is 1.84. The number of amides is 1. The molecular weight excluding hydrogens is 264 g/mol. The van der Waals surface area contributed by atoms with E-state index in [2.05, 4.69) is 10.3 Å². The molecule has 0 fully saturated rings. The standard InChI is InChI=1S/C14H13ClN2O2/c1-19-11-6-4-10(5-7-11)9-13(18)17-12-3-2-8-16-14(12)15/h2-8H,9H2,1H3,(H,17,18). The molecule has 1 heterocycles. The Hall–Kier alpha value is -2.07. The van der Waals surface area contributed by atoms with Crippen LogP contribution in [0.3, 0.4) is 0 Å². The number of methoxy groups -OCH3 is 1. The van der Waals surface area contributed by atoms with Crippen molar-refractivity contribution in [2.24, 2.45) is 0 Å². The lowest BCUT2D eigenvalue weighted by Crippen LogP contribution is -2.14. The SMILES string of the molecule is COc1ccc(CC(=O)Nc2cccnc2Cl)cc1. The average Bonchev–Trinajstić information content (AvgIpc) is 2.42. The number of ether oxygens (including phenoxy) is 1. The van der Waals surface area contributed by atoms with E-state index in [0.29, 0.717) is 5.69 Å². The van der Waals surface area contributed by atoms with E-state index < -0.39 is 0 Å². The van der Waals surface area contributed by atoms with Crippen LogP contribution in [-0.4, -0.2) is 18.0 Å². The Morgan fingerprint density at radius 1 is 1.32 bits per heavy atom. The highest BCUT2D eigenvalue weighted by Gasteiger charge is 2.07. The summed E-state index contributed by atoms with van der Waals surface area (Å²) < 4.78 is 5.06. The molecule has 4 nitrogen and oxygen atoms in total. The Bertz CT molecular complexity index is 570. The van der Waals surface area contributed by atoms with E-state index in [-0.39, 0.29) is 17.5 Å². The molecule has 0 aliphatic rings. The van der Waals surface area contributed by atoms with E-state index in [4.69, 9.17) is 16.3 Å². The lowest BCUT2D eigenvalue weighted by molar-refractivity contribution is -0.115. The predicted molar refractivity (Wildman–Crippen MR) is 74.6 cm³/mol. The molecule has 0 atom stereocenters. The van der Waals surface area contributed by atoms with Crippen molar-refractivity contribution >= 4 is 23.2 Å². The fraction of sp³-hybridized carbons (Fsp3) is 0.143. The molecule has 0 unspecified atom stereocenters. The Balaban J connectivity index is 1.99. The van der Waals surface area contributed by atoms with Crippen LogP contribution in [0.4, 0.5) is 5.69 Å². The molecule has 1 aromatic heterocycles. The minimum Gasteiger partial charge on any atom is -0.497 e. The largest absolute Gasteiger partial charge is 0.497 e. The number of hydrogen-bond acceptors (Lipinski definition) is 3. The number of nitrogens with zero attached hydrogens (tertiary/aromatic N) is 1. The number of benzene rings is 1. The van der Waals surface area contributed by atoms with Gasteiger partial charge in [0.1, 0.15) is 5.75 Å². The van der Waals surface area contributed by atoms with Crippen molar-refractivity contribution in [2.75, 3.05) is 12.4 Å². The fourth-order valence-corrected chi connectivity index (χ4v) is 1.77. The zero-order valence-corrected chi connectivity index (χ0v) is 11.1. The van der Waals surface area contributed by atoms with E-state index in [1.54, 1.807) is 25.4 Å². The first kappa shape index (κ1) is 13.4. The zero-order chi connectivity index (χ0) is 13.7. The molecule has 2 rings (SSSR count). The van der Waals surface area contributed by atoms with Crippen LogP contribution in [0.15, 0.2) is 42.6 Å². The number of aromatic nitrogens is 1. The smallest absolute Gasteiger partial charge is 0.228 e. The molecule has 0 bridgehead atoms. The summed E-state index contributed by atoms with van der Waals surface area (Å²) in [4.78, 5) is 15.8. The number of carbonyl (C=O) groups is 1. The Morgan fingerprint density at radius 3 is 2.68 bits per heavy atom. The maximum atomic E-state index is 11.9. The van der Waals surface area contributed by atoms with Gasteiger partial charge in [0.25, 0.3) is 0 Å². The van der Waals surface area contributed by atoms with Crippen molar-refractivity contribution < 1.29 is 9.53 Å². The number of anilines is 1. The van der Waals surface area contributed by atoms with Crippen molar-refractivity contribution in [3.05, 3.63) is 53.3 Å². The molecule has 19 heavy (non-hydrogen) atoms. The van der Waals surface area contributed by atoms with Gasteiger partial charge in [0.05, 0.1) is 19.2 Å². The summed E-state index contributed by atoms with van der Waals surface area (Å²) in [7, 11) is 1.60. The first-order valence-electron chi connectivity index (χ1n) is 5.72. The first-order valence-corrected chi connectivity index (χ1v) is 6.10. The van der Waals surface area contributed by atoms with Gasteiger partial charge in [0, 0.05) is 6.20 Å². The van der Waals surface area contributed by atoms with Gasteiger partial charge in [-0.1, -0.05) is 23.7 Å². The molecule has 5 heteroatoms. The number of nitrogens with one attached hydrogen (secondary N) is 1. The number of rotatable bonds is 4. The summed E-state index contributed by atoms with van der Waals surface area (Å²) in [5.74, 6) is 0.625. The Morgan fingerprint density at radius 2 is 2.05 bits per heavy atom. The Kier molecular flexibility index (Phi) is 4.36. The monoisotopic (exact) mass is 276 g/mol. The molecular formula is C14H13ClN2O2. The third kappa shape index (κ3) is 3.69. The molecule has 1 amide bonds. The van der Waals surface area contributed by atoms with E-state index in [1.807, 2.05) is 24.3 Å². The summed E-state index contributed by atoms with van der Waals surface area (Å²) >= 11 is 5.87. The van der Waals surface area contributed by atoms with Gasteiger partial charge < -0.3 is 10.1 Å². The zero-order valence-electron chi connectivity index (χ0n) is 10.4. The minimum atomic E-state index is -0.139. The second kappa shape index (κ2) is 6.20. The predicted octanol–water partition coefficient (Wildman–Crippen LogP) is 2.92. The third-order valence-corrected chi connectivity index (χ3v) is 2.86. The number of carbonyl (C=O) groups excluding carboxylic acids is 1. The highest BCUT2D eigenvalue weighted by molar-refractivity contribution is 6.32. The van der Waals surface area contributed by atoms with Crippen molar-refractivity contribution in [2.45, 2.75) is 6.42 Å². The van der Waals surface area contributed by atoms with Crippen LogP contribution in [0.5, 0.6) is 5.75 Å². The van der Waals surface area contributed by atoms with Crippen molar-refractivity contribution in [1.82, 2.24) is 4.98 Å². The lowest BCUT2D eigenvalue weighted by Gasteiger charge is -2.06. The maximum absolute atomic E-state index is 11.9. The quantitative estimate of drug-likeness (QED) is 0.874. The van der Waals surface area contributed by atoms with Gasteiger partial charge in [-0.2, -0.15) is 0 Å². The third-order valence-electron chi connectivity index (χ3n) is 2.56. The molecule has 0 radical (unpaired) electrons. The summed E-state index contributed by atoms with van der Waals surface area (Å²) in [5.41, 5.74) is 1.42. The second-order valence-electron chi connectivity index (χ2n) is 3.91. The van der Waals surface area contributed by atoms with Gasteiger partial charge in [-0.15, -0.1) is 0 Å². The minimum absolute atomic E-state index is 0.139. The van der Waals surface area contributed by atoms with E-state index in [1.165, 1.54) is 0 Å². The molecule has 0 spiro atoms. The highest BCUT2D eigenvalue weighted by Crippen LogP contribution is 2.18. The molecule has 0 saturated carbocycles. The fourth-order valence-electron chi connectivity index (χ4n) is 1.60. The first-order chi connectivity index (χ1) is 9.19.